The van der Waals surface area contributed by atoms with Gasteiger partial charge in [-0.25, -0.2) is 0 Å². The van der Waals surface area contributed by atoms with E-state index in [-0.39, 0.29) is 17.8 Å². The van der Waals surface area contributed by atoms with E-state index in [1.54, 1.807) is 7.05 Å². The lowest BCUT2D eigenvalue weighted by atomic mass is 10.0. The Morgan fingerprint density at radius 2 is 2.24 bits per heavy atom. The number of rotatable bonds is 4. The molecule has 2 N–H and O–H groups in total. The highest BCUT2D eigenvalue weighted by atomic mass is 16.5. The molecule has 3 rings (SSSR count). The van der Waals surface area contributed by atoms with E-state index in [1.165, 1.54) is 4.90 Å². The average molecular weight is 294 g/mol. The Labute approximate surface area is 123 Å². The van der Waals surface area contributed by atoms with E-state index in [4.69, 9.17) is 4.52 Å². The molecule has 1 unspecified atom stereocenters. The highest BCUT2D eigenvalue weighted by Gasteiger charge is 2.34. The fourth-order valence-electron chi connectivity index (χ4n) is 3.23. The fraction of sp³-hybridized carbons (Fsp3) is 0.786. The summed E-state index contributed by atoms with van der Waals surface area (Å²) >= 11 is 0. The topological polar surface area (TPSA) is 91.5 Å². The van der Waals surface area contributed by atoms with Gasteiger partial charge in [-0.2, -0.15) is 4.98 Å². The lowest BCUT2D eigenvalue weighted by molar-refractivity contribution is 0.0151. The van der Waals surface area contributed by atoms with Crippen LogP contribution in [0.2, 0.25) is 0 Å². The van der Waals surface area contributed by atoms with E-state index in [9.17, 15) is 9.90 Å². The van der Waals surface area contributed by atoms with Gasteiger partial charge in [-0.05, 0) is 32.2 Å². The summed E-state index contributed by atoms with van der Waals surface area (Å²) in [6.07, 6.45) is 5.54. The first kappa shape index (κ1) is 14.5. The number of aliphatic hydroxyl groups is 1. The van der Waals surface area contributed by atoms with Gasteiger partial charge >= 0.3 is 0 Å². The van der Waals surface area contributed by atoms with Crippen LogP contribution < -0.4 is 5.32 Å². The van der Waals surface area contributed by atoms with E-state index in [0.717, 1.165) is 45.1 Å². The second-order valence-electron chi connectivity index (χ2n) is 6.20. The van der Waals surface area contributed by atoms with Gasteiger partial charge in [-0.3, -0.25) is 4.79 Å². The summed E-state index contributed by atoms with van der Waals surface area (Å²) in [5.41, 5.74) is -0.760. The number of hydrogen-bond acceptors (Lipinski definition) is 6. The number of aromatic nitrogens is 2. The zero-order chi connectivity index (χ0) is 14.9. The Balaban J connectivity index is 1.64. The van der Waals surface area contributed by atoms with E-state index < -0.39 is 5.60 Å². The SMILES string of the molecule is CN(CC1(O)CCCC1)C(=O)c1noc(C2CCCN2)n1. The summed E-state index contributed by atoms with van der Waals surface area (Å²) in [6.45, 7) is 1.25. The molecule has 1 aromatic heterocycles. The lowest BCUT2D eigenvalue weighted by Crippen LogP contribution is -2.42. The molecule has 1 amide bonds. The standard InChI is InChI=1S/C14H22N4O3/c1-18(9-14(20)6-2-3-7-14)13(19)11-16-12(21-17-11)10-5-4-8-15-10/h10,15,20H,2-9H2,1H3. The molecule has 7 nitrogen and oxygen atoms in total. The normalized spacial score (nSPS) is 24.4. The molecular formula is C14H22N4O3. The molecule has 1 aliphatic carbocycles. The molecule has 2 heterocycles. The van der Waals surface area contributed by atoms with Gasteiger partial charge < -0.3 is 19.8 Å². The third kappa shape index (κ3) is 3.08. The van der Waals surface area contributed by atoms with Crippen LogP contribution in [-0.4, -0.2) is 51.8 Å². The predicted molar refractivity (Wildman–Crippen MR) is 74.7 cm³/mol. The van der Waals surface area contributed by atoms with Crippen LogP contribution in [0.3, 0.4) is 0 Å². The average Bonchev–Trinajstić information content (AvgIpc) is 3.18. The minimum absolute atomic E-state index is 0.0587. The molecule has 0 radical (unpaired) electrons. The van der Waals surface area contributed by atoms with Crippen molar-refractivity contribution >= 4 is 5.91 Å². The van der Waals surface area contributed by atoms with Gasteiger partial charge in [0.2, 0.25) is 5.89 Å². The van der Waals surface area contributed by atoms with Crippen LogP contribution >= 0.6 is 0 Å². The van der Waals surface area contributed by atoms with Crippen LogP contribution in [0.15, 0.2) is 4.52 Å². The number of likely N-dealkylation sites (N-methyl/N-ethyl adjacent to an activating group) is 1. The van der Waals surface area contributed by atoms with E-state index >= 15 is 0 Å². The van der Waals surface area contributed by atoms with Crippen molar-refractivity contribution in [3.8, 4) is 0 Å². The second kappa shape index (κ2) is 5.73. The van der Waals surface area contributed by atoms with Crippen LogP contribution in [0.1, 0.15) is 61.1 Å². The van der Waals surface area contributed by atoms with Crippen molar-refractivity contribution in [2.75, 3.05) is 20.1 Å². The molecule has 21 heavy (non-hydrogen) atoms. The fourth-order valence-corrected chi connectivity index (χ4v) is 3.23. The largest absolute Gasteiger partial charge is 0.388 e. The molecule has 1 aliphatic heterocycles. The minimum atomic E-state index is -0.760. The maximum atomic E-state index is 12.3. The molecule has 1 saturated carbocycles. The first-order chi connectivity index (χ1) is 10.1. The summed E-state index contributed by atoms with van der Waals surface area (Å²) in [4.78, 5) is 18.0. The van der Waals surface area contributed by atoms with Crippen molar-refractivity contribution in [1.29, 1.82) is 0 Å². The van der Waals surface area contributed by atoms with Gasteiger partial charge in [-0.1, -0.05) is 18.0 Å². The summed E-state index contributed by atoms with van der Waals surface area (Å²) in [5.74, 6) is 0.245. The summed E-state index contributed by atoms with van der Waals surface area (Å²) < 4.78 is 5.18. The number of carbonyl (C=O) groups is 1. The molecule has 1 saturated heterocycles. The van der Waals surface area contributed by atoms with Crippen molar-refractivity contribution < 1.29 is 14.4 Å². The van der Waals surface area contributed by atoms with E-state index in [1.807, 2.05) is 0 Å². The molecule has 1 atom stereocenters. The third-order valence-corrected chi connectivity index (χ3v) is 4.40. The zero-order valence-electron chi connectivity index (χ0n) is 12.3. The molecular weight excluding hydrogens is 272 g/mol. The second-order valence-corrected chi connectivity index (χ2v) is 6.20. The van der Waals surface area contributed by atoms with Crippen LogP contribution in [-0.2, 0) is 0 Å². The number of carbonyl (C=O) groups excluding carboxylic acids is 1. The van der Waals surface area contributed by atoms with Crippen LogP contribution in [0.4, 0.5) is 0 Å². The molecule has 7 heteroatoms. The molecule has 1 aromatic rings. The molecule has 116 valence electrons. The zero-order valence-corrected chi connectivity index (χ0v) is 12.3. The maximum absolute atomic E-state index is 12.3. The van der Waals surface area contributed by atoms with Gasteiger partial charge in [0, 0.05) is 13.6 Å². The minimum Gasteiger partial charge on any atom is -0.388 e. The van der Waals surface area contributed by atoms with E-state index in [2.05, 4.69) is 15.5 Å². The maximum Gasteiger partial charge on any atom is 0.295 e. The summed E-state index contributed by atoms with van der Waals surface area (Å²) in [7, 11) is 1.67. The monoisotopic (exact) mass is 294 g/mol. The van der Waals surface area contributed by atoms with Crippen molar-refractivity contribution in [1.82, 2.24) is 20.4 Å². The molecule has 0 spiro atoms. The Bertz CT molecular complexity index is 504. The Hall–Kier alpha value is -1.47. The molecule has 2 fully saturated rings. The lowest BCUT2D eigenvalue weighted by Gasteiger charge is -2.27. The highest BCUT2D eigenvalue weighted by molar-refractivity contribution is 5.90. The first-order valence-corrected chi connectivity index (χ1v) is 7.62. The quantitative estimate of drug-likeness (QED) is 0.856. The van der Waals surface area contributed by atoms with Crippen molar-refractivity contribution in [3.05, 3.63) is 11.7 Å². The predicted octanol–water partition coefficient (Wildman–Crippen LogP) is 0.871. The van der Waals surface area contributed by atoms with Crippen molar-refractivity contribution in [2.24, 2.45) is 0 Å². The highest BCUT2D eigenvalue weighted by Crippen LogP contribution is 2.30. The van der Waals surface area contributed by atoms with Crippen LogP contribution in [0.5, 0.6) is 0 Å². The van der Waals surface area contributed by atoms with Crippen molar-refractivity contribution in [3.63, 3.8) is 0 Å². The van der Waals surface area contributed by atoms with Crippen LogP contribution in [0, 0.1) is 0 Å². The van der Waals surface area contributed by atoms with Gasteiger partial charge in [0.25, 0.3) is 11.7 Å². The van der Waals surface area contributed by atoms with Gasteiger partial charge in [0.1, 0.15) is 0 Å². The van der Waals surface area contributed by atoms with Crippen LogP contribution in [0.25, 0.3) is 0 Å². The Kier molecular flexibility index (Phi) is 3.95. The van der Waals surface area contributed by atoms with Gasteiger partial charge in [0.15, 0.2) is 0 Å². The Morgan fingerprint density at radius 3 is 2.90 bits per heavy atom. The number of amides is 1. The van der Waals surface area contributed by atoms with Crippen molar-refractivity contribution in [2.45, 2.75) is 50.2 Å². The number of hydrogen-bond donors (Lipinski definition) is 2. The smallest absolute Gasteiger partial charge is 0.295 e. The molecule has 2 aliphatic rings. The summed E-state index contributed by atoms with van der Waals surface area (Å²) in [6, 6.07) is 0.0587. The Morgan fingerprint density at radius 1 is 1.48 bits per heavy atom. The number of nitrogens with one attached hydrogen (secondary N) is 1. The van der Waals surface area contributed by atoms with Gasteiger partial charge in [-0.15, -0.1) is 0 Å². The molecule has 0 aromatic carbocycles. The third-order valence-electron chi connectivity index (χ3n) is 4.40. The first-order valence-electron chi connectivity index (χ1n) is 7.62. The number of nitrogens with zero attached hydrogens (tertiary/aromatic N) is 3. The summed E-state index contributed by atoms with van der Waals surface area (Å²) in [5, 5.41) is 17.4. The molecule has 0 bridgehead atoms. The van der Waals surface area contributed by atoms with E-state index in [0.29, 0.717) is 12.4 Å². The van der Waals surface area contributed by atoms with Gasteiger partial charge in [0.05, 0.1) is 11.6 Å².